The molecule has 0 aromatic heterocycles. The van der Waals surface area contributed by atoms with E-state index in [1.165, 1.54) is 6.07 Å². The normalized spacial score (nSPS) is 10.3. The molecule has 5 heteroatoms. The van der Waals surface area contributed by atoms with Crippen LogP contribution in [0.4, 0.5) is 15.8 Å². The standard InChI is InChI=1S/C14H14ClFN2O/c1-19-14-6-5-9(17)7-13(14)18-8-10-11(15)3-2-4-12(10)16/h2-7,18H,8,17H2,1H3. The summed E-state index contributed by atoms with van der Waals surface area (Å²) in [6.45, 7) is 0.255. The predicted octanol–water partition coefficient (Wildman–Crippen LogP) is 3.68. The Labute approximate surface area is 116 Å². The SMILES string of the molecule is COc1ccc(N)cc1NCc1c(F)cccc1Cl. The summed E-state index contributed by atoms with van der Waals surface area (Å²) in [7, 11) is 1.56. The van der Waals surface area contributed by atoms with E-state index in [1.54, 1.807) is 37.4 Å². The first-order valence-electron chi connectivity index (χ1n) is 5.72. The van der Waals surface area contributed by atoms with Crippen molar-refractivity contribution in [1.29, 1.82) is 0 Å². The zero-order valence-electron chi connectivity index (χ0n) is 10.4. The van der Waals surface area contributed by atoms with Crippen LogP contribution in [0.15, 0.2) is 36.4 Å². The number of hydrogen-bond acceptors (Lipinski definition) is 3. The Kier molecular flexibility index (Phi) is 4.12. The van der Waals surface area contributed by atoms with Crippen LogP contribution >= 0.6 is 11.6 Å². The minimum atomic E-state index is -0.345. The molecule has 2 rings (SSSR count). The second-order valence-electron chi connectivity index (χ2n) is 4.01. The van der Waals surface area contributed by atoms with Crippen LogP contribution in [-0.4, -0.2) is 7.11 Å². The molecule has 2 aromatic rings. The van der Waals surface area contributed by atoms with Gasteiger partial charge in [0.05, 0.1) is 12.8 Å². The van der Waals surface area contributed by atoms with E-state index in [1.807, 2.05) is 0 Å². The first-order valence-corrected chi connectivity index (χ1v) is 6.10. The minimum Gasteiger partial charge on any atom is -0.495 e. The van der Waals surface area contributed by atoms with Crippen molar-refractivity contribution in [3.05, 3.63) is 52.8 Å². The van der Waals surface area contributed by atoms with Gasteiger partial charge >= 0.3 is 0 Å². The molecule has 0 spiro atoms. The van der Waals surface area contributed by atoms with Gasteiger partial charge in [0.1, 0.15) is 11.6 Å². The van der Waals surface area contributed by atoms with Gasteiger partial charge in [-0.05, 0) is 30.3 Å². The van der Waals surface area contributed by atoms with Gasteiger partial charge in [0.2, 0.25) is 0 Å². The van der Waals surface area contributed by atoms with Gasteiger partial charge in [-0.25, -0.2) is 4.39 Å². The van der Waals surface area contributed by atoms with E-state index in [2.05, 4.69) is 5.32 Å². The van der Waals surface area contributed by atoms with Crippen molar-refractivity contribution in [2.75, 3.05) is 18.2 Å². The van der Waals surface area contributed by atoms with E-state index in [0.717, 1.165) is 0 Å². The average molecular weight is 281 g/mol. The van der Waals surface area contributed by atoms with E-state index in [9.17, 15) is 4.39 Å². The van der Waals surface area contributed by atoms with Crippen LogP contribution in [0, 0.1) is 5.82 Å². The maximum atomic E-state index is 13.6. The second kappa shape index (κ2) is 5.80. The lowest BCUT2D eigenvalue weighted by molar-refractivity contribution is 0.416. The summed E-state index contributed by atoms with van der Waals surface area (Å²) in [5.41, 5.74) is 7.42. The minimum absolute atomic E-state index is 0.255. The number of hydrogen-bond donors (Lipinski definition) is 2. The molecule has 0 aliphatic heterocycles. The smallest absolute Gasteiger partial charge is 0.142 e. The van der Waals surface area contributed by atoms with Crippen LogP contribution in [0.25, 0.3) is 0 Å². The van der Waals surface area contributed by atoms with Crippen LogP contribution < -0.4 is 15.8 Å². The molecule has 3 N–H and O–H groups in total. The van der Waals surface area contributed by atoms with E-state index in [4.69, 9.17) is 22.1 Å². The molecular weight excluding hydrogens is 267 g/mol. The Morgan fingerprint density at radius 1 is 1.32 bits per heavy atom. The fourth-order valence-corrected chi connectivity index (χ4v) is 1.98. The highest BCUT2D eigenvalue weighted by Crippen LogP contribution is 2.28. The van der Waals surface area contributed by atoms with Crippen molar-refractivity contribution in [1.82, 2.24) is 0 Å². The summed E-state index contributed by atoms with van der Waals surface area (Å²) in [6, 6.07) is 9.81. The number of nitrogens with one attached hydrogen (secondary N) is 1. The molecule has 0 amide bonds. The summed E-state index contributed by atoms with van der Waals surface area (Å²) < 4.78 is 18.8. The van der Waals surface area contributed by atoms with Crippen molar-refractivity contribution >= 4 is 23.0 Å². The van der Waals surface area contributed by atoms with Gasteiger partial charge in [-0.3, -0.25) is 0 Å². The molecule has 100 valence electrons. The molecule has 0 radical (unpaired) electrons. The quantitative estimate of drug-likeness (QED) is 0.840. The van der Waals surface area contributed by atoms with Crippen LogP contribution in [0.3, 0.4) is 0 Å². The third kappa shape index (κ3) is 3.09. The molecule has 3 nitrogen and oxygen atoms in total. The lowest BCUT2D eigenvalue weighted by atomic mass is 10.2. The zero-order chi connectivity index (χ0) is 13.8. The Morgan fingerprint density at radius 2 is 2.11 bits per heavy atom. The Bertz CT molecular complexity index is 569. The first kappa shape index (κ1) is 13.5. The van der Waals surface area contributed by atoms with Crippen molar-refractivity contribution in [2.45, 2.75) is 6.54 Å². The Morgan fingerprint density at radius 3 is 2.79 bits per heavy atom. The largest absolute Gasteiger partial charge is 0.495 e. The van der Waals surface area contributed by atoms with E-state index >= 15 is 0 Å². The van der Waals surface area contributed by atoms with E-state index < -0.39 is 0 Å². The molecule has 0 unspecified atom stereocenters. The lowest BCUT2D eigenvalue weighted by Crippen LogP contribution is -2.04. The number of ether oxygens (including phenoxy) is 1. The van der Waals surface area contributed by atoms with Gasteiger partial charge < -0.3 is 15.8 Å². The van der Waals surface area contributed by atoms with Gasteiger partial charge in [-0.2, -0.15) is 0 Å². The zero-order valence-corrected chi connectivity index (χ0v) is 11.2. The molecular formula is C14H14ClFN2O. The van der Waals surface area contributed by atoms with E-state index in [0.29, 0.717) is 27.7 Å². The molecule has 19 heavy (non-hydrogen) atoms. The molecule has 0 atom stereocenters. The molecule has 0 fully saturated rings. The molecule has 0 saturated heterocycles. The first-order chi connectivity index (χ1) is 9.11. The molecule has 0 aliphatic carbocycles. The number of anilines is 2. The number of nitrogens with two attached hydrogens (primary N) is 1. The van der Waals surface area contributed by atoms with Gasteiger partial charge in [-0.1, -0.05) is 17.7 Å². The highest BCUT2D eigenvalue weighted by Gasteiger charge is 2.08. The molecule has 0 saturated carbocycles. The monoisotopic (exact) mass is 280 g/mol. The molecule has 0 bridgehead atoms. The predicted molar refractivity (Wildman–Crippen MR) is 76.1 cm³/mol. The highest BCUT2D eigenvalue weighted by molar-refractivity contribution is 6.31. The second-order valence-corrected chi connectivity index (χ2v) is 4.42. The highest BCUT2D eigenvalue weighted by atomic mass is 35.5. The molecule has 2 aromatic carbocycles. The van der Waals surface area contributed by atoms with Gasteiger partial charge in [0, 0.05) is 22.8 Å². The summed E-state index contributed by atoms with van der Waals surface area (Å²) in [5.74, 6) is 0.296. The van der Waals surface area contributed by atoms with Crippen molar-refractivity contribution in [2.24, 2.45) is 0 Å². The Balaban J connectivity index is 2.21. The number of benzene rings is 2. The van der Waals surface area contributed by atoms with Crippen LogP contribution in [0.1, 0.15) is 5.56 Å². The maximum Gasteiger partial charge on any atom is 0.142 e. The molecule has 0 heterocycles. The van der Waals surface area contributed by atoms with Gasteiger partial charge in [-0.15, -0.1) is 0 Å². The molecule has 0 aliphatic rings. The average Bonchev–Trinajstić information content (AvgIpc) is 2.38. The van der Waals surface area contributed by atoms with Crippen molar-refractivity contribution in [3.8, 4) is 5.75 Å². The van der Waals surface area contributed by atoms with E-state index in [-0.39, 0.29) is 12.4 Å². The van der Waals surface area contributed by atoms with Crippen molar-refractivity contribution in [3.63, 3.8) is 0 Å². The summed E-state index contributed by atoms with van der Waals surface area (Å²) in [4.78, 5) is 0. The lowest BCUT2D eigenvalue weighted by Gasteiger charge is -2.13. The maximum absolute atomic E-state index is 13.6. The fraction of sp³-hybridized carbons (Fsp3) is 0.143. The summed E-state index contributed by atoms with van der Waals surface area (Å²) in [6.07, 6.45) is 0. The fourth-order valence-electron chi connectivity index (χ4n) is 1.75. The number of halogens is 2. The number of rotatable bonds is 4. The topological polar surface area (TPSA) is 47.3 Å². The number of methoxy groups -OCH3 is 1. The number of nitrogen functional groups attached to an aromatic ring is 1. The van der Waals surface area contributed by atoms with Crippen LogP contribution in [0.5, 0.6) is 5.75 Å². The summed E-state index contributed by atoms with van der Waals surface area (Å²) in [5, 5.41) is 3.46. The van der Waals surface area contributed by atoms with Gasteiger partial charge in [0.25, 0.3) is 0 Å². The van der Waals surface area contributed by atoms with Crippen LogP contribution in [0.2, 0.25) is 5.02 Å². The van der Waals surface area contributed by atoms with Crippen molar-refractivity contribution < 1.29 is 9.13 Å². The third-order valence-electron chi connectivity index (χ3n) is 2.74. The summed E-state index contributed by atoms with van der Waals surface area (Å²) >= 11 is 5.96. The third-order valence-corrected chi connectivity index (χ3v) is 3.09. The Hall–Kier alpha value is -1.94. The van der Waals surface area contributed by atoms with Crippen LogP contribution in [-0.2, 0) is 6.54 Å². The van der Waals surface area contributed by atoms with Gasteiger partial charge in [0.15, 0.2) is 0 Å².